The second kappa shape index (κ2) is 25.4. The average Bonchev–Trinajstić information content (AvgIpc) is 3.88. The molecular weight excluding hydrogens is 1020 g/mol. The summed E-state index contributed by atoms with van der Waals surface area (Å²) in [6, 6.07) is 2.39. The second-order valence-corrected chi connectivity index (χ2v) is 21.9. The minimum Gasteiger partial charge on any atom is -0.495 e. The zero-order valence-corrected chi connectivity index (χ0v) is 45.7. The summed E-state index contributed by atoms with van der Waals surface area (Å²) in [6.45, 7) is 7.92. The summed E-state index contributed by atoms with van der Waals surface area (Å²) in [4.78, 5) is 98.3. The van der Waals surface area contributed by atoms with Crippen LogP contribution in [0.1, 0.15) is 65.4 Å². The molecule has 5 aliphatic heterocycles. The number of anilines is 1. The minimum absolute atomic E-state index is 0.0368. The van der Waals surface area contributed by atoms with E-state index in [-0.39, 0.29) is 98.4 Å². The Morgan fingerprint density at radius 1 is 1.01 bits per heavy atom. The number of amides is 6. The van der Waals surface area contributed by atoms with Crippen molar-refractivity contribution in [3.05, 3.63) is 46.5 Å². The topological polar surface area (TPSA) is 256 Å². The van der Waals surface area contributed by atoms with Gasteiger partial charge in [-0.2, -0.15) is 11.8 Å². The van der Waals surface area contributed by atoms with Crippen LogP contribution < -0.4 is 15.0 Å². The highest BCUT2D eigenvalue weighted by atomic mass is 35.5. The zero-order valence-electron chi connectivity index (χ0n) is 43.3. The highest BCUT2D eigenvalue weighted by Gasteiger charge is 2.64. The highest BCUT2D eigenvalue weighted by Crippen LogP contribution is 2.49. The Bertz CT molecular complexity index is 2380. The molecule has 1 aromatic carbocycles. The van der Waals surface area contributed by atoms with E-state index in [2.05, 4.69) is 5.32 Å². The van der Waals surface area contributed by atoms with E-state index in [0.717, 1.165) is 16.0 Å². The van der Waals surface area contributed by atoms with E-state index in [1.807, 2.05) is 19.3 Å². The summed E-state index contributed by atoms with van der Waals surface area (Å²) in [5, 5.41) is 21.8. The van der Waals surface area contributed by atoms with Gasteiger partial charge in [0.25, 0.3) is 0 Å². The maximum atomic E-state index is 14.4. The van der Waals surface area contributed by atoms with Crippen molar-refractivity contribution >= 4 is 88.2 Å². The number of likely N-dealkylation sites (N-methyl/N-ethyl adjacent to an activating group) is 1. The number of esters is 1. The lowest BCUT2D eigenvalue weighted by Gasteiger charge is -2.42. The molecule has 0 aliphatic carbocycles. The quantitative estimate of drug-likeness (QED) is 0.0772. The van der Waals surface area contributed by atoms with Gasteiger partial charge >= 0.3 is 12.1 Å². The summed E-state index contributed by atoms with van der Waals surface area (Å²) in [6.07, 6.45) is 2.43. The number of carbonyl (C=O) groups excluding carboxylic acids is 7. The highest BCUT2D eigenvalue weighted by molar-refractivity contribution is 8.00. The molecule has 4 saturated heterocycles. The molecular formula is C50H69ClN6O15S2. The van der Waals surface area contributed by atoms with Crippen LogP contribution in [0.15, 0.2) is 35.9 Å². The van der Waals surface area contributed by atoms with Crippen molar-refractivity contribution in [2.24, 2.45) is 5.92 Å². The molecule has 24 heteroatoms. The van der Waals surface area contributed by atoms with E-state index >= 15 is 0 Å². The fourth-order valence-electron chi connectivity index (χ4n) is 9.45. The van der Waals surface area contributed by atoms with E-state index in [1.165, 1.54) is 66.4 Å². The molecule has 0 radical (unpaired) electrons. The molecule has 3 N–H and O–H groups in total. The van der Waals surface area contributed by atoms with Crippen molar-refractivity contribution in [3.8, 4) is 5.75 Å². The summed E-state index contributed by atoms with van der Waals surface area (Å²) in [5.41, 5.74) is -1.19. The first-order chi connectivity index (χ1) is 35.1. The largest absolute Gasteiger partial charge is 0.495 e. The predicted octanol–water partition coefficient (Wildman–Crippen LogP) is 3.74. The number of allylic oxidation sites excluding steroid dienone is 3. The van der Waals surface area contributed by atoms with Crippen LogP contribution in [0.25, 0.3) is 0 Å². The summed E-state index contributed by atoms with van der Waals surface area (Å²) >= 11 is 9.45. The van der Waals surface area contributed by atoms with E-state index in [9.17, 15) is 38.7 Å². The smallest absolute Gasteiger partial charge is 0.409 e. The number of epoxide rings is 1. The van der Waals surface area contributed by atoms with Gasteiger partial charge in [-0.25, -0.2) is 9.59 Å². The third-order valence-corrected chi connectivity index (χ3v) is 16.7. The molecule has 408 valence electrons. The Hall–Kier alpha value is -4.75. The Morgan fingerprint density at radius 2 is 1.68 bits per heavy atom. The number of hydrogen-bond acceptors (Lipinski definition) is 18. The standard InChI is InChI=1S/C50H69ClN6O15S2/c1-28-11-10-12-37(67-8)50(65)27-34(70-48(64)53-50)29(2)44-49(4,72-44)38(26-40(59)55(6)32-22-31(21-28)23-33(66-7)43(32)51)71-47(63)30(3)54(5)39(58)13-20-74-36-25-42(61)57(46(36)62)15-17-69-19-18-68-16-14-56-41(60)24-35(73-9)45(56)52/h10-12,22-23,29-30,34-38,44,52,65H,13-21,24-27H2,1-9H3,(H,53,64)/b12-10+,28-11+,52-45?/t29-,30+,34+,35?,36?,37-,38+,44+,49+,50+/m1/s1. The number of thioether (sulfide) groups is 2. The maximum absolute atomic E-state index is 14.4. The third-order valence-electron chi connectivity index (χ3n) is 14.2. The molecule has 74 heavy (non-hydrogen) atoms. The number of nitrogens with one attached hydrogen (secondary N) is 2. The maximum Gasteiger partial charge on any atom is 0.409 e. The van der Waals surface area contributed by atoms with Crippen LogP contribution in [0.2, 0.25) is 5.02 Å². The molecule has 4 bridgehead atoms. The number of likely N-dealkylation sites (tertiary alicyclic amines) is 2. The number of fused-ring (bicyclic) bond motifs is 5. The van der Waals surface area contributed by atoms with Crippen LogP contribution in [0, 0.1) is 11.3 Å². The lowest BCUT2D eigenvalue weighted by molar-refractivity contribution is -0.162. The lowest BCUT2D eigenvalue weighted by Crippen LogP contribution is -2.63. The summed E-state index contributed by atoms with van der Waals surface area (Å²) < 4.78 is 40.5. The number of carbonyl (C=O) groups is 7. The number of methoxy groups -OCH3 is 2. The van der Waals surface area contributed by atoms with Crippen molar-refractivity contribution in [2.45, 2.75) is 119 Å². The number of alkyl carbamates (subject to hydrolysis) is 1. The molecule has 0 aromatic heterocycles. The van der Waals surface area contributed by atoms with Crippen molar-refractivity contribution in [2.75, 3.05) is 84.7 Å². The van der Waals surface area contributed by atoms with Crippen LogP contribution in [0.5, 0.6) is 5.75 Å². The molecule has 0 saturated carbocycles. The number of ether oxygens (including phenoxy) is 7. The van der Waals surface area contributed by atoms with Crippen molar-refractivity contribution in [1.82, 2.24) is 20.0 Å². The van der Waals surface area contributed by atoms with E-state index in [1.54, 1.807) is 45.2 Å². The van der Waals surface area contributed by atoms with E-state index < -0.39 is 83.2 Å². The number of amidine groups is 1. The fourth-order valence-corrected chi connectivity index (χ4v) is 11.5. The fraction of sp³-hybridized carbons (Fsp3) is 0.640. The van der Waals surface area contributed by atoms with E-state index in [4.69, 9.17) is 50.2 Å². The molecule has 2 unspecified atom stereocenters. The Labute approximate surface area is 445 Å². The molecule has 6 rings (SSSR count). The van der Waals surface area contributed by atoms with Gasteiger partial charge in [0.05, 0.1) is 75.3 Å². The Morgan fingerprint density at radius 3 is 2.32 bits per heavy atom. The summed E-state index contributed by atoms with van der Waals surface area (Å²) in [7, 11) is 5.86. The van der Waals surface area contributed by atoms with Gasteiger partial charge in [-0.3, -0.25) is 44.5 Å². The SMILES string of the molecule is COc1cc2cc(c1Cl)N(C)C(=O)C[C@H](OC(=O)[C@H](C)N(C)C(=O)CCSC1CC(=O)N(CCOCCOCCN3C(=N)C(SC)CC3=O)C1=O)[C@]1(C)O[C@H]1[C@H](C)[C@@H]1C[C@@](O)(NC(=O)O1)[C@H](OC)/C=C/C=C(\C)C2. The van der Waals surface area contributed by atoms with Crippen LogP contribution in [0.4, 0.5) is 10.5 Å². The number of imide groups is 1. The van der Waals surface area contributed by atoms with Crippen LogP contribution >= 0.6 is 35.1 Å². The van der Waals surface area contributed by atoms with E-state index in [0.29, 0.717) is 24.3 Å². The monoisotopic (exact) mass is 1090 g/mol. The molecule has 5 heterocycles. The molecule has 6 amide bonds. The van der Waals surface area contributed by atoms with Crippen LogP contribution in [-0.4, -0.2) is 199 Å². The van der Waals surface area contributed by atoms with Gasteiger partial charge < -0.3 is 48.1 Å². The Kier molecular flexibility index (Phi) is 20.1. The number of nitrogens with zero attached hydrogens (tertiary/aromatic N) is 4. The molecule has 0 spiro atoms. The number of benzene rings is 1. The molecule has 4 fully saturated rings. The lowest BCUT2D eigenvalue weighted by atomic mass is 9.83. The van der Waals surface area contributed by atoms with Gasteiger partial charge in [0, 0.05) is 58.6 Å². The van der Waals surface area contributed by atoms with Gasteiger partial charge in [-0.05, 0) is 51.1 Å². The number of hydrogen-bond donors (Lipinski definition) is 3. The third kappa shape index (κ3) is 13.6. The van der Waals surface area contributed by atoms with Crippen molar-refractivity contribution in [1.29, 1.82) is 5.41 Å². The van der Waals surface area contributed by atoms with Crippen LogP contribution in [0.3, 0.4) is 0 Å². The van der Waals surface area contributed by atoms with Gasteiger partial charge in [-0.1, -0.05) is 42.3 Å². The first-order valence-corrected chi connectivity index (χ1v) is 27.2. The van der Waals surface area contributed by atoms with Crippen LogP contribution in [-0.2, 0) is 63.6 Å². The van der Waals surface area contributed by atoms with Crippen molar-refractivity contribution < 1.29 is 71.8 Å². The second-order valence-electron chi connectivity index (χ2n) is 19.2. The first kappa shape index (κ1) is 58.5. The predicted molar refractivity (Wildman–Crippen MR) is 276 cm³/mol. The molecule has 5 aliphatic rings. The molecule has 1 aromatic rings. The Balaban J connectivity index is 1.06. The number of rotatable bonds is 19. The average molecular weight is 1090 g/mol. The van der Waals surface area contributed by atoms with Crippen molar-refractivity contribution in [3.63, 3.8) is 0 Å². The number of halogens is 1. The van der Waals surface area contributed by atoms with Gasteiger partial charge in [0.15, 0.2) is 5.72 Å². The van der Waals surface area contributed by atoms with Gasteiger partial charge in [0.1, 0.15) is 46.6 Å². The first-order valence-electron chi connectivity index (χ1n) is 24.4. The summed E-state index contributed by atoms with van der Waals surface area (Å²) in [5.74, 6) is -2.40. The number of aliphatic hydroxyl groups is 1. The minimum atomic E-state index is -1.88. The molecule has 21 nitrogen and oxygen atoms in total. The molecule has 10 atom stereocenters. The zero-order chi connectivity index (χ0) is 54.2. The normalized spacial score (nSPS) is 30.1. The van der Waals surface area contributed by atoms with Gasteiger partial charge in [-0.15, -0.1) is 11.8 Å². The van der Waals surface area contributed by atoms with Gasteiger partial charge in [0.2, 0.25) is 29.5 Å².